The van der Waals surface area contributed by atoms with Gasteiger partial charge in [-0.3, -0.25) is 5.41 Å². The van der Waals surface area contributed by atoms with E-state index in [1.807, 2.05) is 30.3 Å². The highest BCUT2D eigenvalue weighted by atomic mass is 16.5. The number of nitrogen functional groups attached to an aromatic ring is 1. The molecule has 0 radical (unpaired) electrons. The van der Waals surface area contributed by atoms with E-state index in [0.29, 0.717) is 28.0 Å². The van der Waals surface area contributed by atoms with E-state index < -0.39 is 11.9 Å². The highest BCUT2D eigenvalue weighted by molar-refractivity contribution is 6.05. The van der Waals surface area contributed by atoms with Crippen molar-refractivity contribution in [3.63, 3.8) is 0 Å². The summed E-state index contributed by atoms with van der Waals surface area (Å²) in [6, 6.07) is 18.9. The SMILES string of the molecule is Cn1c(-c2ccc(C(=O)OCc3ccccc3)cc2C(=N)N)nc2c(C(=O)O)cccc21. The van der Waals surface area contributed by atoms with Crippen LogP contribution in [0.25, 0.3) is 22.4 Å². The fourth-order valence-corrected chi connectivity index (χ4v) is 3.52. The number of carbonyl (C=O) groups is 2. The lowest BCUT2D eigenvalue weighted by Crippen LogP contribution is -2.15. The zero-order valence-corrected chi connectivity index (χ0v) is 17.2. The predicted molar refractivity (Wildman–Crippen MR) is 120 cm³/mol. The normalized spacial score (nSPS) is 10.8. The predicted octanol–water partition coefficient (Wildman–Crippen LogP) is 3.58. The largest absolute Gasteiger partial charge is 0.478 e. The number of nitrogens with zero attached hydrogens (tertiary/aromatic N) is 2. The van der Waals surface area contributed by atoms with E-state index in [9.17, 15) is 14.7 Å². The number of rotatable bonds is 6. The second-order valence-electron chi connectivity index (χ2n) is 7.21. The minimum Gasteiger partial charge on any atom is -0.478 e. The Morgan fingerprint density at radius 2 is 1.81 bits per heavy atom. The first-order valence-electron chi connectivity index (χ1n) is 9.75. The van der Waals surface area contributed by atoms with E-state index in [-0.39, 0.29) is 23.6 Å². The van der Waals surface area contributed by atoms with E-state index in [4.69, 9.17) is 15.9 Å². The molecule has 1 heterocycles. The smallest absolute Gasteiger partial charge is 0.338 e. The monoisotopic (exact) mass is 428 g/mol. The Morgan fingerprint density at radius 1 is 1.06 bits per heavy atom. The number of hydrogen-bond donors (Lipinski definition) is 3. The molecule has 8 heteroatoms. The quantitative estimate of drug-likeness (QED) is 0.244. The third-order valence-corrected chi connectivity index (χ3v) is 5.14. The summed E-state index contributed by atoms with van der Waals surface area (Å²) in [5, 5.41) is 17.5. The number of carboxylic acid groups (broad SMARTS) is 1. The summed E-state index contributed by atoms with van der Waals surface area (Å²) in [6.07, 6.45) is 0. The second-order valence-corrected chi connectivity index (χ2v) is 7.21. The van der Waals surface area contributed by atoms with Gasteiger partial charge in [0.15, 0.2) is 0 Å². The zero-order valence-electron chi connectivity index (χ0n) is 17.2. The van der Waals surface area contributed by atoms with Crippen LogP contribution in [-0.4, -0.2) is 32.4 Å². The molecule has 0 aliphatic heterocycles. The maximum atomic E-state index is 12.5. The molecule has 0 aliphatic carbocycles. The van der Waals surface area contributed by atoms with Crippen LogP contribution < -0.4 is 5.73 Å². The van der Waals surface area contributed by atoms with Gasteiger partial charge in [-0.15, -0.1) is 0 Å². The van der Waals surface area contributed by atoms with Gasteiger partial charge in [0.05, 0.1) is 16.6 Å². The number of nitrogens with one attached hydrogen (secondary N) is 1. The van der Waals surface area contributed by atoms with Crippen LogP contribution in [0.1, 0.15) is 31.8 Å². The molecule has 1 aromatic heterocycles. The lowest BCUT2D eigenvalue weighted by molar-refractivity contribution is 0.0472. The van der Waals surface area contributed by atoms with E-state index in [2.05, 4.69) is 4.98 Å². The second kappa shape index (κ2) is 8.35. The molecule has 3 aromatic carbocycles. The molecular formula is C24H20N4O4. The van der Waals surface area contributed by atoms with Crippen molar-refractivity contribution in [1.29, 1.82) is 5.41 Å². The average molecular weight is 428 g/mol. The fourth-order valence-electron chi connectivity index (χ4n) is 3.52. The number of nitrogens with two attached hydrogens (primary N) is 1. The minimum atomic E-state index is -1.08. The summed E-state index contributed by atoms with van der Waals surface area (Å²) in [5.41, 5.74) is 8.76. The summed E-state index contributed by atoms with van der Waals surface area (Å²) < 4.78 is 7.11. The highest BCUT2D eigenvalue weighted by Gasteiger charge is 2.20. The van der Waals surface area contributed by atoms with Crippen molar-refractivity contribution < 1.29 is 19.4 Å². The molecule has 0 unspecified atom stereocenters. The van der Waals surface area contributed by atoms with Gasteiger partial charge in [0.25, 0.3) is 0 Å². The van der Waals surface area contributed by atoms with Gasteiger partial charge in [-0.05, 0) is 35.9 Å². The Hall–Kier alpha value is -4.46. The Kier molecular flexibility index (Phi) is 5.43. The number of aromatic carboxylic acids is 1. The van der Waals surface area contributed by atoms with Gasteiger partial charge in [0, 0.05) is 18.2 Å². The molecule has 160 valence electrons. The van der Waals surface area contributed by atoms with Crippen LogP contribution in [-0.2, 0) is 18.4 Å². The van der Waals surface area contributed by atoms with Crippen molar-refractivity contribution in [2.45, 2.75) is 6.61 Å². The molecule has 8 nitrogen and oxygen atoms in total. The van der Waals surface area contributed by atoms with Gasteiger partial charge in [-0.1, -0.05) is 36.4 Å². The first-order chi connectivity index (χ1) is 15.4. The number of carboxylic acids is 1. The van der Waals surface area contributed by atoms with E-state index in [1.165, 1.54) is 12.1 Å². The molecule has 0 atom stereocenters. The number of para-hydroxylation sites is 1. The molecular weight excluding hydrogens is 408 g/mol. The number of carbonyl (C=O) groups excluding carboxylic acids is 1. The molecule has 0 aliphatic rings. The van der Waals surface area contributed by atoms with Gasteiger partial charge in [0.2, 0.25) is 0 Å². The molecule has 32 heavy (non-hydrogen) atoms. The van der Waals surface area contributed by atoms with Gasteiger partial charge in [-0.2, -0.15) is 0 Å². The minimum absolute atomic E-state index is 0.0786. The average Bonchev–Trinajstić information content (AvgIpc) is 3.14. The van der Waals surface area contributed by atoms with Crippen molar-refractivity contribution in [3.8, 4) is 11.4 Å². The van der Waals surface area contributed by atoms with Crippen molar-refractivity contribution in [2.24, 2.45) is 12.8 Å². The number of amidine groups is 1. The number of hydrogen-bond acceptors (Lipinski definition) is 5. The molecule has 4 rings (SSSR count). The maximum absolute atomic E-state index is 12.5. The molecule has 0 bridgehead atoms. The Balaban J connectivity index is 1.72. The summed E-state index contributed by atoms with van der Waals surface area (Å²) in [5.74, 6) is -1.43. The van der Waals surface area contributed by atoms with E-state index in [1.54, 1.807) is 35.9 Å². The Morgan fingerprint density at radius 3 is 2.50 bits per heavy atom. The third kappa shape index (κ3) is 3.81. The van der Waals surface area contributed by atoms with Crippen molar-refractivity contribution >= 4 is 28.8 Å². The van der Waals surface area contributed by atoms with Crippen LogP contribution >= 0.6 is 0 Å². The number of esters is 1. The highest BCUT2D eigenvalue weighted by Crippen LogP contribution is 2.29. The maximum Gasteiger partial charge on any atom is 0.338 e. The van der Waals surface area contributed by atoms with Gasteiger partial charge in [0.1, 0.15) is 23.8 Å². The number of ether oxygens (including phenoxy) is 1. The molecule has 0 amide bonds. The zero-order chi connectivity index (χ0) is 22.8. The summed E-state index contributed by atoms with van der Waals surface area (Å²) in [4.78, 5) is 28.6. The summed E-state index contributed by atoms with van der Waals surface area (Å²) >= 11 is 0. The van der Waals surface area contributed by atoms with Crippen molar-refractivity contribution in [3.05, 3.63) is 89.0 Å². The van der Waals surface area contributed by atoms with Crippen LogP contribution in [0.15, 0.2) is 66.7 Å². The standard InChI is InChI=1S/C24H20N4O4/c1-28-19-9-5-8-17(23(29)30)20(19)27-22(28)16-11-10-15(12-18(16)21(25)26)24(31)32-13-14-6-3-2-4-7-14/h2-12H,13H2,1H3,(H3,25,26)(H,29,30). The van der Waals surface area contributed by atoms with Crippen LogP contribution in [0.5, 0.6) is 0 Å². The number of fused-ring (bicyclic) bond motifs is 1. The van der Waals surface area contributed by atoms with Crippen molar-refractivity contribution in [1.82, 2.24) is 9.55 Å². The topological polar surface area (TPSA) is 131 Å². The molecule has 0 fully saturated rings. The lowest BCUT2D eigenvalue weighted by atomic mass is 10.0. The first-order valence-corrected chi connectivity index (χ1v) is 9.75. The lowest BCUT2D eigenvalue weighted by Gasteiger charge is -2.11. The van der Waals surface area contributed by atoms with Crippen LogP contribution in [0.2, 0.25) is 0 Å². The van der Waals surface area contributed by atoms with Gasteiger partial charge >= 0.3 is 11.9 Å². The van der Waals surface area contributed by atoms with Gasteiger partial charge < -0.3 is 20.1 Å². The molecule has 0 spiro atoms. The van der Waals surface area contributed by atoms with Crippen molar-refractivity contribution in [2.75, 3.05) is 0 Å². The van der Waals surface area contributed by atoms with Crippen LogP contribution in [0.4, 0.5) is 0 Å². The summed E-state index contributed by atoms with van der Waals surface area (Å²) in [6.45, 7) is 0.125. The van der Waals surface area contributed by atoms with Crippen LogP contribution in [0, 0.1) is 5.41 Å². The first kappa shape index (κ1) is 20.8. The molecule has 0 saturated heterocycles. The number of benzene rings is 3. The number of aromatic nitrogens is 2. The Bertz CT molecular complexity index is 1360. The van der Waals surface area contributed by atoms with Gasteiger partial charge in [-0.25, -0.2) is 14.6 Å². The molecule has 4 aromatic rings. The van der Waals surface area contributed by atoms with E-state index >= 15 is 0 Å². The fraction of sp³-hybridized carbons (Fsp3) is 0.0833. The molecule has 4 N–H and O–H groups in total. The Labute approximate surface area is 183 Å². The number of aryl methyl sites for hydroxylation is 1. The van der Waals surface area contributed by atoms with Crippen LogP contribution in [0.3, 0.4) is 0 Å². The van der Waals surface area contributed by atoms with E-state index in [0.717, 1.165) is 5.56 Å². The summed E-state index contributed by atoms with van der Waals surface area (Å²) in [7, 11) is 1.75. The number of imidazole rings is 1. The molecule has 0 saturated carbocycles. The third-order valence-electron chi connectivity index (χ3n) is 5.14.